The van der Waals surface area contributed by atoms with Crippen LogP contribution in [0.2, 0.25) is 5.02 Å². The number of hydrogen-bond acceptors (Lipinski definition) is 4. The van der Waals surface area contributed by atoms with Crippen molar-refractivity contribution < 1.29 is 14.0 Å². The highest BCUT2D eigenvalue weighted by atomic mass is 35.5. The summed E-state index contributed by atoms with van der Waals surface area (Å²) in [5, 5.41) is 7.41. The van der Waals surface area contributed by atoms with E-state index in [-0.39, 0.29) is 5.91 Å². The van der Waals surface area contributed by atoms with E-state index in [1.54, 1.807) is 31.4 Å². The third kappa shape index (κ3) is 2.85. The van der Waals surface area contributed by atoms with Crippen LogP contribution < -0.4 is 5.32 Å². The van der Waals surface area contributed by atoms with Gasteiger partial charge in [0.15, 0.2) is 0 Å². The van der Waals surface area contributed by atoms with Crippen LogP contribution in [-0.4, -0.2) is 17.2 Å². The molecule has 5 nitrogen and oxygen atoms in total. The van der Waals surface area contributed by atoms with Gasteiger partial charge in [-0.1, -0.05) is 35.0 Å². The number of carbonyl (C=O) groups is 1. The molecule has 0 fully saturated rings. The fourth-order valence-electron chi connectivity index (χ4n) is 2.27. The highest BCUT2D eigenvalue weighted by molar-refractivity contribution is 6.34. The van der Waals surface area contributed by atoms with Gasteiger partial charge in [-0.05, 0) is 25.1 Å². The van der Waals surface area contributed by atoms with Crippen LogP contribution >= 0.6 is 11.6 Å². The Morgan fingerprint density at radius 1 is 1.36 bits per heavy atom. The first-order valence-corrected chi connectivity index (χ1v) is 7.27. The van der Waals surface area contributed by atoms with E-state index in [4.69, 9.17) is 20.9 Å². The first kappa shape index (κ1) is 14.7. The molecular weight excluding hydrogens is 304 g/mol. The van der Waals surface area contributed by atoms with E-state index in [2.05, 4.69) is 10.5 Å². The van der Waals surface area contributed by atoms with Crippen LogP contribution in [0.25, 0.3) is 0 Å². The zero-order chi connectivity index (χ0) is 15.6. The molecule has 22 heavy (non-hydrogen) atoms. The van der Waals surface area contributed by atoms with E-state index in [1.807, 2.05) is 18.2 Å². The van der Waals surface area contributed by atoms with Gasteiger partial charge in [-0.2, -0.15) is 0 Å². The Morgan fingerprint density at radius 3 is 2.91 bits per heavy atom. The maximum atomic E-state index is 12.3. The molecule has 0 bridgehead atoms. The molecule has 0 unspecified atom stereocenters. The van der Waals surface area contributed by atoms with Crippen LogP contribution in [0.5, 0.6) is 0 Å². The van der Waals surface area contributed by atoms with Gasteiger partial charge in [0.05, 0.1) is 18.5 Å². The van der Waals surface area contributed by atoms with Crippen LogP contribution in [0.1, 0.15) is 24.7 Å². The average Bonchev–Trinajstić information content (AvgIpc) is 3.16. The van der Waals surface area contributed by atoms with Crippen molar-refractivity contribution in [3.8, 4) is 0 Å². The summed E-state index contributed by atoms with van der Waals surface area (Å²) < 4.78 is 5.18. The second kappa shape index (κ2) is 5.85. The Kier molecular flexibility index (Phi) is 3.90. The second-order valence-electron chi connectivity index (χ2n) is 5.28. The first-order valence-electron chi connectivity index (χ1n) is 6.89. The summed E-state index contributed by atoms with van der Waals surface area (Å²) in [6, 6.07) is 10.9. The van der Waals surface area contributed by atoms with Gasteiger partial charge < -0.3 is 14.6 Å². The monoisotopic (exact) mass is 318 g/mol. The quantitative estimate of drug-likeness (QED) is 0.942. The van der Waals surface area contributed by atoms with Gasteiger partial charge in [-0.25, -0.2) is 0 Å². The van der Waals surface area contributed by atoms with Gasteiger partial charge in [0.25, 0.3) is 5.91 Å². The molecule has 3 rings (SSSR count). The Balaban J connectivity index is 1.66. The molecule has 1 N–H and O–H groups in total. The molecule has 1 atom stereocenters. The molecule has 1 aromatic heterocycles. The number of oxime groups is 1. The smallest absolute Gasteiger partial charge is 0.267 e. The maximum Gasteiger partial charge on any atom is 0.267 e. The van der Waals surface area contributed by atoms with Gasteiger partial charge in [0, 0.05) is 17.0 Å². The lowest BCUT2D eigenvalue weighted by atomic mass is 9.95. The molecule has 0 spiro atoms. The minimum Gasteiger partial charge on any atom is -0.467 e. The lowest BCUT2D eigenvalue weighted by Crippen LogP contribution is -2.44. The predicted octanol–water partition coefficient (Wildman–Crippen LogP) is 3.13. The van der Waals surface area contributed by atoms with Crippen molar-refractivity contribution in [1.82, 2.24) is 5.32 Å². The van der Waals surface area contributed by atoms with E-state index in [0.29, 0.717) is 29.5 Å². The summed E-state index contributed by atoms with van der Waals surface area (Å²) in [7, 11) is 0. The molecule has 0 saturated heterocycles. The Hall–Kier alpha value is -2.27. The molecule has 2 aromatic rings. The van der Waals surface area contributed by atoms with E-state index in [1.165, 1.54) is 0 Å². The standard InChI is InChI=1S/C16H15ClN2O3/c1-16(15(20)18-10-11-5-4-8-21-11)9-14(19-22-16)12-6-2-3-7-13(12)17/h2-8H,9-10H2,1H3,(H,18,20)/t16-/m1/s1. The van der Waals surface area contributed by atoms with Crippen molar-refractivity contribution in [2.75, 3.05) is 0 Å². The maximum absolute atomic E-state index is 12.3. The van der Waals surface area contributed by atoms with E-state index < -0.39 is 5.60 Å². The zero-order valence-corrected chi connectivity index (χ0v) is 12.8. The molecule has 0 radical (unpaired) electrons. The van der Waals surface area contributed by atoms with E-state index >= 15 is 0 Å². The number of halogens is 1. The van der Waals surface area contributed by atoms with Crippen molar-refractivity contribution in [3.05, 3.63) is 59.0 Å². The largest absolute Gasteiger partial charge is 0.467 e. The minimum atomic E-state index is -1.04. The molecule has 2 heterocycles. The minimum absolute atomic E-state index is 0.241. The third-order valence-electron chi connectivity index (χ3n) is 3.53. The summed E-state index contributed by atoms with van der Waals surface area (Å²) in [5.41, 5.74) is 0.411. The fraction of sp³-hybridized carbons (Fsp3) is 0.250. The van der Waals surface area contributed by atoms with Gasteiger partial charge in [0.1, 0.15) is 5.76 Å². The summed E-state index contributed by atoms with van der Waals surface area (Å²) in [5.74, 6) is 0.442. The molecule has 114 valence electrons. The Morgan fingerprint density at radius 2 is 2.18 bits per heavy atom. The fourth-order valence-corrected chi connectivity index (χ4v) is 2.51. The van der Waals surface area contributed by atoms with E-state index in [9.17, 15) is 4.79 Å². The van der Waals surface area contributed by atoms with Crippen LogP contribution in [0.3, 0.4) is 0 Å². The van der Waals surface area contributed by atoms with Crippen molar-refractivity contribution in [1.29, 1.82) is 0 Å². The van der Waals surface area contributed by atoms with Crippen molar-refractivity contribution in [2.24, 2.45) is 5.16 Å². The molecular formula is C16H15ClN2O3. The number of nitrogens with zero attached hydrogens (tertiary/aromatic N) is 1. The van der Waals surface area contributed by atoms with Gasteiger partial charge in [-0.15, -0.1) is 0 Å². The summed E-state index contributed by atoms with van der Waals surface area (Å²) >= 11 is 6.16. The highest BCUT2D eigenvalue weighted by Crippen LogP contribution is 2.29. The number of nitrogens with one attached hydrogen (secondary N) is 1. The summed E-state index contributed by atoms with van der Waals surface area (Å²) in [4.78, 5) is 17.7. The summed E-state index contributed by atoms with van der Waals surface area (Å²) in [6.07, 6.45) is 1.93. The van der Waals surface area contributed by atoms with E-state index in [0.717, 1.165) is 5.56 Å². The van der Waals surface area contributed by atoms with Crippen LogP contribution in [0, 0.1) is 0 Å². The summed E-state index contributed by atoms with van der Waals surface area (Å²) in [6.45, 7) is 2.02. The van der Waals surface area contributed by atoms with Gasteiger partial charge in [-0.3, -0.25) is 4.79 Å². The lowest BCUT2D eigenvalue weighted by molar-refractivity contribution is -0.141. The molecule has 6 heteroatoms. The van der Waals surface area contributed by atoms with Crippen LogP contribution in [0.4, 0.5) is 0 Å². The first-order chi connectivity index (χ1) is 10.6. The molecule has 1 aromatic carbocycles. The Bertz CT molecular complexity index is 712. The number of carbonyl (C=O) groups excluding carboxylic acids is 1. The second-order valence-corrected chi connectivity index (χ2v) is 5.69. The Labute approximate surface area is 132 Å². The molecule has 1 aliphatic rings. The van der Waals surface area contributed by atoms with Crippen LogP contribution in [-0.2, 0) is 16.2 Å². The van der Waals surface area contributed by atoms with Gasteiger partial charge >= 0.3 is 0 Å². The SMILES string of the molecule is C[C@]1(C(=O)NCc2ccco2)CC(c2ccccc2Cl)=NO1. The number of benzene rings is 1. The predicted molar refractivity (Wildman–Crippen MR) is 82.7 cm³/mol. The van der Waals surface area contributed by atoms with Gasteiger partial charge in [0.2, 0.25) is 5.60 Å². The molecule has 0 aliphatic carbocycles. The normalized spacial score (nSPS) is 20.4. The molecule has 1 amide bonds. The third-order valence-corrected chi connectivity index (χ3v) is 3.86. The topological polar surface area (TPSA) is 63.8 Å². The van der Waals surface area contributed by atoms with Crippen molar-refractivity contribution in [3.63, 3.8) is 0 Å². The van der Waals surface area contributed by atoms with Crippen molar-refractivity contribution in [2.45, 2.75) is 25.5 Å². The zero-order valence-electron chi connectivity index (χ0n) is 12.0. The van der Waals surface area contributed by atoms with Crippen molar-refractivity contribution >= 4 is 23.2 Å². The molecule has 0 saturated carbocycles. The average molecular weight is 319 g/mol. The number of furan rings is 1. The number of amides is 1. The number of rotatable bonds is 4. The lowest BCUT2D eigenvalue weighted by Gasteiger charge is -2.20. The van der Waals surface area contributed by atoms with Crippen LogP contribution in [0.15, 0.2) is 52.2 Å². The molecule has 1 aliphatic heterocycles. The number of hydrogen-bond donors (Lipinski definition) is 1. The highest BCUT2D eigenvalue weighted by Gasteiger charge is 2.42.